The minimum Gasteiger partial charge on any atom is -0.398 e. The summed E-state index contributed by atoms with van der Waals surface area (Å²) in [4.78, 5) is 6.99. The second-order valence-corrected chi connectivity index (χ2v) is 6.51. The zero-order chi connectivity index (χ0) is 15.5. The van der Waals surface area contributed by atoms with Crippen LogP contribution in [0.3, 0.4) is 0 Å². The molecule has 1 aromatic heterocycles. The van der Waals surface area contributed by atoms with Gasteiger partial charge in [-0.15, -0.1) is 0 Å². The molecule has 21 heavy (non-hydrogen) atoms. The average Bonchev–Trinajstić information content (AvgIpc) is 2.97. The second-order valence-electron chi connectivity index (χ2n) is 4.77. The molecule has 4 N–H and O–H groups in total. The Morgan fingerprint density at radius 2 is 2.05 bits per heavy atom. The fraction of sp³-hybridized carbons (Fsp3) is 0.357. The van der Waals surface area contributed by atoms with E-state index in [1.165, 1.54) is 6.33 Å². The van der Waals surface area contributed by atoms with Crippen molar-refractivity contribution in [3.63, 3.8) is 0 Å². The fourth-order valence-electron chi connectivity index (χ4n) is 2.18. The molecule has 0 radical (unpaired) electrons. The van der Waals surface area contributed by atoms with E-state index in [4.69, 9.17) is 5.73 Å². The SMILES string of the molecule is CCc1cc(N)c(CC)c(S(=O)(=O)NCc2cnc[nH]2)c1. The molecular formula is C14H20N4O2S. The number of anilines is 1. The maximum atomic E-state index is 12.5. The highest BCUT2D eigenvalue weighted by molar-refractivity contribution is 7.89. The van der Waals surface area contributed by atoms with Gasteiger partial charge in [-0.1, -0.05) is 13.8 Å². The number of nitrogens with one attached hydrogen (secondary N) is 2. The Balaban J connectivity index is 2.36. The van der Waals surface area contributed by atoms with E-state index in [1.54, 1.807) is 12.3 Å². The molecule has 0 spiro atoms. The second kappa shape index (κ2) is 6.28. The van der Waals surface area contributed by atoms with E-state index in [1.807, 2.05) is 19.9 Å². The van der Waals surface area contributed by atoms with Crippen LogP contribution in [0.4, 0.5) is 5.69 Å². The number of hydrogen-bond acceptors (Lipinski definition) is 4. The Labute approximate surface area is 124 Å². The molecule has 1 heterocycles. The first-order chi connectivity index (χ1) is 9.97. The van der Waals surface area contributed by atoms with Gasteiger partial charge in [0, 0.05) is 17.6 Å². The molecule has 6 nitrogen and oxygen atoms in total. The molecule has 0 aliphatic rings. The molecule has 0 saturated heterocycles. The van der Waals surface area contributed by atoms with E-state index < -0.39 is 10.0 Å². The van der Waals surface area contributed by atoms with Gasteiger partial charge in [0.05, 0.1) is 17.8 Å². The van der Waals surface area contributed by atoms with Crippen molar-refractivity contribution in [3.8, 4) is 0 Å². The number of aromatic amines is 1. The van der Waals surface area contributed by atoms with Crippen molar-refractivity contribution in [2.75, 3.05) is 5.73 Å². The lowest BCUT2D eigenvalue weighted by Crippen LogP contribution is -2.25. The number of nitrogens with zero attached hydrogens (tertiary/aromatic N) is 1. The summed E-state index contributed by atoms with van der Waals surface area (Å²) in [6.07, 6.45) is 4.39. The molecule has 7 heteroatoms. The summed E-state index contributed by atoms with van der Waals surface area (Å²) in [7, 11) is -3.61. The molecule has 0 fully saturated rings. The quantitative estimate of drug-likeness (QED) is 0.705. The van der Waals surface area contributed by atoms with Crippen molar-refractivity contribution >= 4 is 15.7 Å². The summed E-state index contributed by atoms with van der Waals surface area (Å²) in [6, 6.07) is 3.54. The number of benzene rings is 1. The van der Waals surface area contributed by atoms with Crippen LogP contribution in [0.1, 0.15) is 30.7 Å². The summed E-state index contributed by atoms with van der Waals surface area (Å²) in [6.45, 7) is 4.03. The Hall–Kier alpha value is -1.86. The van der Waals surface area contributed by atoms with Crippen molar-refractivity contribution < 1.29 is 8.42 Å². The molecular weight excluding hydrogens is 288 g/mol. The zero-order valence-corrected chi connectivity index (χ0v) is 13.0. The molecule has 0 atom stereocenters. The van der Waals surface area contributed by atoms with E-state index in [-0.39, 0.29) is 11.4 Å². The molecule has 0 aliphatic carbocycles. The van der Waals surface area contributed by atoms with Gasteiger partial charge in [-0.2, -0.15) is 0 Å². The van der Waals surface area contributed by atoms with Gasteiger partial charge in [0.25, 0.3) is 0 Å². The average molecular weight is 308 g/mol. The van der Waals surface area contributed by atoms with Crippen LogP contribution in [0, 0.1) is 0 Å². The molecule has 0 aliphatic heterocycles. The van der Waals surface area contributed by atoms with Crippen LogP contribution in [0.15, 0.2) is 29.6 Å². The first-order valence-corrected chi connectivity index (χ1v) is 8.34. The van der Waals surface area contributed by atoms with Crippen LogP contribution in [0.2, 0.25) is 0 Å². The van der Waals surface area contributed by atoms with Crippen LogP contribution in [-0.4, -0.2) is 18.4 Å². The van der Waals surface area contributed by atoms with Crippen molar-refractivity contribution in [3.05, 3.63) is 41.5 Å². The molecule has 2 aromatic rings. The van der Waals surface area contributed by atoms with Gasteiger partial charge < -0.3 is 10.7 Å². The third kappa shape index (κ3) is 3.43. The van der Waals surface area contributed by atoms with Gasteiger partial charge in [0.15, 0.2) is 0 Å². The van der Waals surface area contributed by atoms with Gasteiger partial charge >= 0.3 is 0 Å². The van der Waals surface area contributed by atoms with E-state index in [0.717, 1.165) is 12.0 Å². The number of rotatable bonds is 6. The lowest BCUT2D eigenvalue weighted by Gasteiger charge is -2.14. The molecule has 0 amide bonds. The number of nitrogen functional groups attached to an aromatic ring is 1. The third-order valence-electron chi connectivity index (χ3n) is 3.36. The Morgan fingerprint density at radius 3 is 2.62 bits per heavy atom. The number of aromatic nitrogens is 2. The first-order valence-electron chi connectivity index (χ1n) is 6.86. The number of aryl methyl sites for hydroxylation is 1. The summed E-state index contributed by atoms with van der Waals surface area (Å²) < 4.78 is 27.6. The Kier molecular flexibility index (Phi) is 4.64. The monoisotopic (exact) mass is 308 g/mol. The van der Waals surface area contributed by atoms with Crippen molar-refractivity contribution in [1.29, 1.82) is 0 Å². The van der Waals surface area contributed by atoms with Crippen molar-refractivity contribution in [2.45, 2.75) is 38.1 Å². The fourth-order valence-corrected chi connectivity index (χ4v) is 3.57. The smallest absolute Gasteiger partial charge is 0.241 e. The zero-order valence-electron chi connectivity index (χ0n) is 12.2. The van der Waals surface area contributed by atoms with Gasteiger partial charge in [-0.3, -0.25) is 0 Å². The van der Waals surface area contributed by atoms with Crippen molar-refractivity contribution in [1.82, 2.24) is 14.7 Å². The lowest BCUT2D eigenvalue weighted by molar-refractivity contribution is 0.579. The van der Waals surface area contributed by atoms with E-state index in [9.17, 15) is 8.42 Å². The van der Waals surface area contributed by atoms with E-state index in [2.05, 4.69) is 14.7 Å². The van der Waals surface area contributed by atoms with Crippen LogP contribution < -0.4 is 10.5 Å². The normalized spacial score (nSPS) is 11.7. The predicted octanol–water partition coefficient (Wildman–Crippen LogP) is 1.60. The topological polar surface area (TPSA) is 101 Å². The minimum absolute atomic E-state index is 0.168. The van der Waals surface area contributed by atoms with Gasteiger partial charge in [0.1, 0.15) is 0 Å². The molecule has 0 unspecified atom stereocenters. The maximum absolute atomic E-state index is 12.5. The van der Waals surface area contributed by atoms with Crippen LogP contribution in [0.5, 0.6) is 0 Å². The van der Waals surface area contributed by atoms with Crippen LogP contribution in [0.25, 0.3) is 0 Å². The molecule has 0 saturated carbocycles. The summed E-state index contributed by atoms with van der Waals surface area (Å²) in [5.74, 6) is 0. The third-order valence-corrected chi connectivity index (χ3v) is 4.83. The number of imidazole rings is 1. The Bertz CT molecular complexity index is 709. The largest absolute Gasteiger partial charge is 0.398 e. The highest BCUT2D eigenvalue weighted by atomic mass is 32.2. The highest BCUT2D eigenvalue weighted by Gasteiger charge is 2.20. The molecule has 114 valence electrons. The summed E-state index contributed by atoms with van der Waals surface area (Å²) >= 11 is 0. The first kappa shape index (κ1) is 15.5. The van der Waals surface area contributed by atoms with Gasteiger partial charge in [-0.25, -0.2) is 18.1 Å². The number of hydrogen-bond donors (Lipinski definition) is 3. The van der Waals surface area contributed by atoms with E-state index in [0.29, 0.717) is 23.4 Å². The van der Waals surface area contributed by atoms with Gasteiger partial charge in [0.2, 0.25) is 10.0 Å². The Morgan fingerprint density at radius 1 is 1.29 bits per heavy atom. The minimum atomic E-state index is -3.61. The molecule has 0 bridgehead atoms. The predicted molar refractivity (Wildman–Crippen MR) is 82.2 cm³/mol. The number of H-pyrrole nitrogens is 1. The van der Waals surface area contributed by atoms with Gasteiger partial charge in [-0.05, 0) is 36.1 Å². The van der Waals surface area contributed by atoms with Crippen molar-refractivity contribution in [2.24, 2.45) is 0 Å². The molecule has 2 rings (SSSR count). The van der Waals surface area contributed by atoms with Crippen LogP contribution in [-0.2, 0) is 29.4 Å². The maximum Gasteiger partial charge on any atom is 0.241 e. The standard InChI is InChI=1S/C14H20N4O2S/c1-3-10-5-13(15)12(4-2)14(6-10)21(19,20)18-8-11-7-16-9-17-11/h5-7,9,18H,3-4,8,15H2,1-2H3,(H,16,17). The highest BCUT2D eigenvalue weighted by Crippen LogP contribution is 2.25. The summed E-state index contributed by atoms with van der Waals surface area (Å²) in [5, 5.41) is 0. The lowest BCUT2D eigenvalue weighted by atomic mass is 10.1. The molecule has 1 aromatic carbocycles. The van der Waals surface area contributed by atoms with E-state index >= 15 is 0 Å². The summed E-state index contributed by atoms with van der Waals surface area (Å²) in [5.41, 5.74) is 8.78. The number of sulfonamides is 1. The van der Waals surface area contributed by atoms with Crippen LogP contribution >= 0.6 is 0 Å². The number of nitrogens with two attached hydrogens (primary N) is 1.